The van der Waals surface area contributed by atoms with Crippen molar-refractivity contribution in [1.29, 1.82) is 0 Å². The van der Waals surface area contributed by atoms with Crippen LogP contribution < -0.4 is 20.3 Å². The molecule has 3 aliphatic heterocycles. The number of pyridine rings is 1. The van der Waals surface area contributed by atoms with E-state index in [1.807, 2.05) is 18.3 Å². The van der Waals surface area contributed by atoms with Crippen molar-refractivity contribution in [3.63, 3.8) is 0 Å². The first-order valence-electron chi connectivity index (χ1n) is 19.0. The molecule has 3 aromatic carbocycles. The van der Waals surface area contributed by atoms with Gasteiger partial charge in [-0.1, -0.05) is 42.5 Å². The molecule has 8 rings (SSSR count). The predicted octanol–water partition coefficient (Wildman–Crippen LogP) is 5.48. The third kappa shape index (κ3) is 7.18. The Bertz CT molecular complexity index is 2230. The van der Waals surface area contributed by atoms with E-state index in [9.17, 15) is 14.4 Å². The van der Waals surface area contributed by atoms with E-state index in [0.717, 1.165) is 91.1 Å². The highest BCUT2D eigenvalue weighted by Gasteiger charge is 2.28. The molecule has 0 bridgehead atoms. The molecule has 0 radical (unpaired) electrons. The minimum Gasteiger partial charge on any atom is -0.496 e. The Labute approximate surface area is 315 Å². The Morgan fingerprint density at radius 1 is 0.870 bits per heavy atom. The van der Waals surface area contributed by atoms with Gasteiger partial charge in [0.05, 0.1) is 26.0 Å². The molecule has 5 heterocycles. The second-order valence-electron chi connectivity index (χ2n) is 15.1. The van der Waals surface area contributed by atoms with Crippen LogP contribution in [0.3, 0.4) is 0 Å². The number of methoxy groups -OCH3 is 2. The summed E-state index contributed by atoms with van der Waals surface area (Å²) in [4.78, 5) is 41.4. The summed E-state index contributed by atoms with van der Waals surface area (Å²) in [5, 5.41) is 10.2. The molecule has 2 N–H and O–H groups in total. The predicted molar refractivity (Wildman–Crippen MR) is 207 cm³/mol. The molecule has 280 valence electrons. The Kier molecular flexibility index (Phi) is 10.1. The number of aryl methyl sites for hydroxylation is 1. The molecule has 0 spiro atoms. The zero-order valence-electron chi connectivity index (χ0n) is 31.3. The summed E-state index contributed by atoms with van der Waals surface area (Å²) in [7, 11) is 5.13. The van der Waals surface area contributed by atoms with Crippen LogP contribution in [0, 0.1) is 5.92 Å². The van der Waals surface area contributed by atoms with Crippen LogP contribution in [0.4, 0.5) is 0 Å². The van der Waals surface area contributed by atoms with Crippen molar-refractivity contribution in [1.82, 2.24) is 29.9 Å². The summed E-state index contributed by atoms with van der Waals surface area (Å²) in [5.74, 6) is 1.62. The van der Waals surface area contributed by atoms with E-state index in [0.29, 0.717) is 37.2 Å². The Hall–Kier alpha value is -5.26. The van der Waals surface area contributed by atoms with Crippen LogP contribution in [0.2, 0.25) is 0 Å². The highest BCUT2D eigenvalue weighted by Crippen LogP contribution is 2.39. The van der Waals surface area contributed by atoms with E-state index >= 15 is 0 Å². The van der Waals surface area contributed by atoms with Crippen LogP contribution in [0.25, 0.3) is 22.0 Å². The summed E-state index contributed by atoms with van der Waals surface area (Å²) in [6, 6.07) is 19.7. The molecule has 1 atom stereocenters. The standard InChI is InChI=1S/C43H48N6O5/c1-47-25-36(35-22-44-46-41(35)43(47)52)33-20-38(53-2)37(39(21-33)54-3)26-49-18-15-34-31(5-4-6-32(34)24-49)23-48-16-13-29(14-17-48)28-9-7-27(8-10-28)19-30-11-12-40(50)45-42(30)51/h4-10,20-22,25,29-30H,11-19,23-24,26H2,1-3H3,(H,44,46)(H,45,50,51). The number of carbonyl (C=O) groups is 2. The first-order chi connectivity index (χ1) is 26.3. The minimum atomic E-state index is -0.160. The van der Waals surface area contributed by atoms with Crippen molar-refractivity contribution < 1.29 is 19.1 Å². The third-order valence-corrected chi connectivity index (χ3v) is 11.8. The molecule has 3 aliphatic rings. The molecule has 2 aromatic heterocycles. The number of nitrogens with zero attached hydrogens (tertiary/aromatic N) is 4. The molecular weight excluding hydrogens is 681 g/mol. The van der Waals surface area contributed by atoms with Gasteiger partial charge in [0.25, 0.3) is 5.56 Å². The van der Waals surface area contributed by atoms with Crippen LogP contribution in [0.5, 0.6) is 11.5 Å². The maximum absolute atomic E-state index is 12.6. The van der Waals surface area contributed by atoms with Crippen LogP contribution in [-0.4, -0.2) is 70.2 Å². The number of nitrogens with one attached hydrogen (secondary N) is 2. The zero-order chi connectivity index (χ0) is 37.3. The van der Waals surface area contributed by atoms with Gasteiger partial charge in [-0.3, -0.25) is 34.6 Å². The van der Waals surface area contributed by atoms with Gasteiger partial charge in [-0.2, -0.15) is 5.10 Å². The lowest BCUT2D eigenvalue weighted by atomic mass is 9.86. The van der Waals surface area contributed by atoms with Gasteiger partial charge in [0, 0.05) is 62.7 Å². The zero-order valence-corrected chi connectivity index (χ0v) is 31.3. The molecule has 2 amide bonds. The average molecular weight is 729 g/mol. The number of aromatic nitrogens is 3. The van der Waals surface area contributed by atoms with E-state index in [1.54, 1.807) is 32.0 Å². The Morgan fingerprint density at radius 2 is 1.63 bits per heavy atom. The highest BCUT2D eigenvalue weighted by atomic mass is 16.5. The van der Waals surface area contributed by atoms with Gasteiger partial charge in [-0.15, -0.1) is 0 Å². The second-order valence-corrected chi connectivity index (χ2v) is 15.1. The lowest BCUT2D eigenvalue weighted by Gasteiger charge is -2.34. The van der Waals surface area contributed by atoms with Gasteiger partial charge in [0.15, 0.2) is 0 Å². The van der Waals surface area contributed by atoms with Crippen molar-refractivity contribution in [2.24, 2.45) is 13.0 Å². The van der Waals surface area contributed by atoms with Gasteiger partial charge in [-0.05, 0) is 96.6 Å². The normalized spacial score (nSPS) is 18.5. The molecule has 2 fully saturated rings. The summed E-state index contributed by atoms with van der Waals surface area (Å²) in [6.07, 6.45) is 8.52. The van der Waals surface area contributed by atoms with Crippen LogP contribution in [0.15, 0.2) is 71.8 Å². The molecule has 0 saturated carbocycles. The first-order valence-corrected chi connectivity index (χ1v) is 19.0. The lowest BCUT2D eigenvalue weighted by molar-refractivity contribution is -0.136. The van der Waals surface area contributed by atoms with Crippen molar-refractivity contribution in [2.75, 3.05) is 33.9 Å². The van der Waals surface area contributed by atoms with Crippen molar-refractivity contribution in [3.05, 3.63) is 111 Å². The summed E-state index contributed by atoms with van der Waals surface area (Å²) >= 11 is 0. The van der Waals surface area contributed by atoms with Crippen LogP contribution in [-0.2, 0) is 49.1 Å². The van der Waals surface area contributed by atoms with E-state index < -0.39 is 0 Å². The van der Waals surface area contributed by atoms with Gasteiger partial charge in [-0.25, -0.2) is 0 Å². The fourth-order valence-corrected chi connectivity index (χ4v) is 8.74. The van der Waals surface area contributed by atoms with Gasteiger partial charge in [0.1, 0.15) is 17.0 Å². The van der Waals surface area contributed by atoms with Gasteiger partial charge < -0.3 is 14.0 Å². The number of hydrogen-bond acceptors (Lipinski definition) is 8. The highest BCUT2D eigenvalue weighted by molar-refractivity contribution is 5.98. The van der Waals surface area contributed by atoms with E-state index in [-0.39, 0.29) is 23.3 Å². The van der Waals surface area contributed by atoms with Gasteiger partial charge in [0.2, 0.25) is 11.8 Å². The lowest BCUT2D eigenvalue weighted by Crippen LogP contribution is -2.41. The number of carbonyl (C=O) groups excluding carboxylic acids is 2. The molecular formula is C43H48N6O5. The third-order valence-electron chi connectivity index (χ3n) is 11.8. The Morgan fingerprint density at radius 3 is 2.35 bits per heavy atom. The fourth-order valence-electron chi connectivity index (χ4n) is 8.74. The number of piperidine rings is 2. The molecule has 54 heavy (non-hydrogen) atoms. The molecule has 2 saturated heterocycles. The summed E-state index contributed by atoms with van der Waals surface area (Å²) in [6.45, 7) is 5.60. The van der Waals surface area contributed by atoms with Gasteiger partial charge >= 0.3 is 0 Å². The number of hydrogen-bond donors (Lipinski definition) is 2. The molecule has 11 nitrogen and oxygen atoms in total. The maximum atomic E-state index is 12.6. The van der Waals surface area contributed by atoms with Crippen molar-refractivity contribution in [3.8, 4) is 22.6 Å². The second kappa shape index (κ2) is 15.2. The number of ether oxygens (including phenoxy) is 2. The van der Waals surface area contributed by atoms with Crippen LogP contribution >= 0.6 is 0 Å². The number of fused-ring (bicyclic) bond motifs is 2. The number of H-pyrrole nitrogens is 1. The maximum Gasteiger partial charge on any atom is 0.276 e. The number of likely N-dealkylation sites (tertiary alicyclic amines) is 1. The topological polar surface area (TPSA) is 122 Å². The molecule has 5 aromatic rings. The molecule has 11 heteroatoms. The average Bonchev–Trinajstić information content (AvgIpc) is 3.69. The monoisotopic (exact) mass is 728 g/mol. The first kappa shape index (κ1) is 35.8. The Balaban J connectivity index is 0.900. The van der Waals surface area contributed by atoms with E-state index in [4.69, 9.17) is 9.47 Å². The molecule has 1 unspecified atom stereocenters. The largest absolute Gasteiger partial charge is 0.496 e. The number of amides is 2. The number of benzene rings is 3. The van der Waals surface area contributed by atoms with Crippen molar-refractivity contribution >= 4 is 22.7 Å². The summed E-state index contributed by atoms with van der Waals surface area (Å²) in [5.41, 5.74) is 9.96. The van der Waals surface area contributed by atoms with Crippen molar-refractivity contribution in [2.45, 2.75) is 64.1 Å². The quantitative estimate of drug-likeness (QED) is 0.182. The number of aromatic amines is 1. The SMILES string of the molecule is COc1cc(-c2cn(C)c(=O)c3[nH]ncc23)cc(OC)c1CN1CCc2c(CN3CCC(c4ccc(CC5CCC(=O)NC5=O)cc4)CC3)cccc2C1. The fraction of sp³-hybridized carbons (Fsp3) is 0.395. The molecule has 0 aliphatic carbocycles. The summed E-state index contributed by atoms with van der Waals surface area (Å²) < 4.78 is 13.5. The van der Waals surface area contributed by atoms with Crippen LogP contribution in [0.1, 0.15) is 65.0 Å². The smallest absolute Gasteiger partial charge is 0.276 e. The minimum absolute atomic E-state index is 0.121. The number of rotatable bonds is 10. The van der Waals surface area contributed by atoms with E-state index in [2.05, 4.69) is 67.8 Å². The number of imide groups is 1. The van der Waals surface area contributed by atoms with E-state index in [1.165, 1.54) is 22.3 Å².